The number of unbranched alkanes of at least 4 members (excludes halogenated alkanes) is 35. The molecular formula is C65H116O6. The molecule has 71 heavy (non-hydrogen) atoms. The van der Waals surface area contributed by atoms with E-state index in [9.17, 15) is 14.4 Å². The minimum atomic E-state index is -0.783. The topological polar surface area (TPSA) is 78.9 Å². The van der Waals surface area contributed by atoms with Gasteiger partial charge >= 0.3 is 17.9 Å². The minimum Gasteiger partial charge on any atom is -0.462 e. The molecule has 0 saturated carbocycles. The van der Waals surface area contributed by atoms with Crippen molar-refractivity contribution < 1.29 is 28.6 Å². The maximum atomic E-state index is 12.9. The van der Waals surface area contributed by atoms with Crippen LogP contribution in [0.4, 0.5) is 0 Å². The zero-order valence-electron chi connectivity index (χ0n) is 47.2. The number of hydrogen-bond donors (Lipinski definition) is 0. The van der Waals surface area contributed by atoms with Gasteiger partial charge in [-0.1, -0.05) is 248 Å². The summed E-state index contributed by atoms with van der Waals surface area (Å²) in [7, 11) is 0. The van der Waals surface area contributed by atoms with Gasteiger partial charge < -0.3 is 14.2 Å². The van der Waals surface area contributed by atoms with E-state index >= 15 is 0 Å². The van der Waals surface area contributed by atoms with Crippen molar-refractivity contribution in [2.24, 2.45) is 0 Å². The second-order valence-corrected chi connectivity index (χ2v) is 20.6. The Balaban J connectivity index is 4.38. The van der Waals surface area contributed by atoms with Crippen LogP contribution in [0, 0.1) is 0 Å². The maximum absolute atomic E-state index is 12.9. The molecule has 0 amide bonds. The molecule has 0 aliphatic rings. The largest absolute Gasteiger partial charge is 0.462 e. The first kappa shape index (κ1) is 68.1. The fraction of sp³-hybridized carbons (Fsp3) is 0.800. The Bertz CT molecular complexity index is 1280. The Hall–Kier alpha value is -2.89. The Morgan fingerprint density at radius 2 is 0.507 bits per heavy atom. The standard InChI is InChI=1S/C65H116O6/c1-4-7-10-13-16-19-22-25-28-30-32-34-37-40-43-46-49-52-55-58-64(67)70-61-62(60-69-63(66)57-54-51-48-45-42-39-36-27-24-21-18-15-12-9-6-3)71-65(68)59-56-53-50-47-44-41-38-35-33-31-29-26-23-20-17-14-11-8-5-2/h16,18-19,21,25-29,36,62H,4-15,17,20,22-24,30-35,37-61H2,1-3H3/b19-16-,21-18-,28-25-,29-26-,36-27-/t62-/m0/s1. The van der Waals surface area contributed by atoms with E-state index in [-0.39, 0.29) is 31.1 Å². The molecule has 0 saturated heterocycles. The molecule has 0 aromatic carbocycles. The second kappa shape index (κ2) is 59.7. The van der Waals surface area contributed by atoms with Crippen LogP contribution in [0.25, 0.3) is 0 Å². The molecule has 0 unspecified atom stereocenters. The molecule has 412 valence electrons. The summed E-state index contributed by atoms with van der Waals surface area (Å²) in [5.41, 5.74) is 0. The summed E-state index contributed by atoms with van der Waals surface area (Å²) in [5.74, 6) is -0.886. The number of allylic oxidation sites excluding steroid dienone is 10. The van der Waals surface area contributed by atoms with Crippen LogP contribution in [0.2, 0.25) is 0 Å². The van der Waals surface area contributed by atoms with Crippen molar-refractivity contribution in [3.05, 3.63) is 60.8 Å². The number of carbonyl (C=O) groups excluding carboxylic acids is 3. The summed E-state index contributed by atoms with van der Waals surface area (Å²) in [6, 6.07) is 0. The summed E-state index contributed by atoms with van der Waals surface area (Å²) in [4.78, 5) is 38.3. The van der Waals surface area contributed by atoms with Gasteiger partial charge in [-0.3, -0.25) is 14.4 Å². The van der Waals surface area contributed by atoms with Crippen molar-refractivity contribution in [3.63, 3.8) is 0 Å². The smallest absolute Gasteiger partial charge is 0.306 e. The number of carbonyl (C=O) groups is 3. The van der Waals surface area contributed by atoms with Crippen LogP contribution >= 0.6 is 0 Å². The fourth-order valence-corrected chi connectivity index (χ4v) is 8.79. The van der Waals surface area contributed by atoms with E-state index in [1.165, 1.54) is 193 Å². The summed E-state index contributed by atoms with van der Waals surface area (Å²) in [6.45, 7) is 6.60. The maximum Gasteiger partial charge on any atom is 0.306 e. The average Bonchev–Trinajstić information content (AvgIpc) is 3.37. The van der Waals surface area contributed by atoms with Crippen molar-refractivity contribution in [2.45, 2.75) is 322 Å². The third-order valence-corrected chi connectivity index (χ3v) is 13.5. The number of rotatable bonds is 56. The van der Waals surface area contributed by atoms with Crippen LogP contribution < -0.4 is 0 Å². The van der Waals surface area contributed by atoms with Gasteiger partial charge in [-0.2, -0.15) is 0 Å². The number of ether oxygens (including phenoxy) is 3. The zero-order chi connectivity index (χ0) is 51.4. The highest BCUT2D eigenvalue weighted by atomic mass is 16.6. The van der Waals surface area contributed by atoms with Gasteiger partial charge in [0.05, 0.1) is 0 Å². The van der Waals surface area contributed by atoms with Gasteiger partial charge in [-0.15, -0.1) is 0 Å². The molecular weight excluding hydrogens is 877 g/mol. The van der Waals surface area contributed by atoms with E-state index in [1.807, 2.05) is 0 Å². The van der Waals surface area contributed by atoms with Gasteiger partial charge in [0.2, 0.25) is 0 Å². The van der Waals surface area contributed by atoms with Crippen LogP contribution in [0.5, 0.6) is 0 Å². The predicted molar refractivity (Wildman–Crippen MR) is 307 cm³/mol. The third-order valence-electron chi connectivity index (χ3n) is 13.5. The van der Waals surface area contributed by atoms with E-state index in [1.54, 1.807) is 0 Å². The number of esters is 3. The monoisotopic (exact) mass is 993 g/mol. The first-order chi connectivity index (χ1) is 35.0. The van der Waals surface area contributed by atoms with Crippen molar-refractivity contribution in [2.75, 3.05) is 13.2 Å². The van der Waals surface area contributed by atoms with Crippen LogP contribution in [0.1, 0.15) is 316 Å². The van der Waals surface area contributed by atoms with Crippen LogP contribution in [-0.4, -0.2) is 37.2 Å². The lowest BCUT2D eigenvalue weighted by molar-refractivity contribution is -0.167. The molecule has 0 fully saturated rings. The quantitative estimate of drug-likeness (QED) is 0.0261. The lowest BCUT2D eigenvalue weighted by atomic mass is 10.1. The Kier molecular flexibility index (Phi) is 57.2. The van der Waals surface area contributed by atoms with Gasteiger partial charge in [0, 0.05) is 19.3 Å². The van der Waals surface area contributed by atoms with E-state index in [0.29, 0.717) is 19.3 Å². The molecule has 0 heterocycles. The van der Waals surface area contributed by atoms with Gasteiger partial charge in [0.1, 0.15) is 13.2 Å². The zero-order valence-corrected chi connectivity index (χ0v) is 47.2. The van der Waals surface area contributed by atoms with Crippen molar-refractivity contribution >= 4 is 17.9 Å². The van der Waals surface area contributed by atoms with E-state index in [2.05, 4.69) is 81.5 Å². The molecule has 6 nitrogen and oxygen atoms in total. The first-order valence-corrected chi connectivity index (χ1v) is 30.8. The third kappa shape index (κ3) is 57.9. The van der Waals surface area contributed by atoms with Gasteiger partial charge in [-0.05, 0) is 109 Å². The van der Waals surface area contributed by atoms with E-state index < -0.39 is 6.10 Å². The second-order valence-electron chi connectivity index (χ2n) is 20.6. The lowest BCUT2D eigenvalue weighted by Crippen LogP contribution is -2.30. The molecule has 0 rings (SSSR count). The highest BCUT2D eigenvalue weighted by Crippen LogP contribution is 2.16. The van der Waals surface area contributed by atoms with Crippen LogP contribution in [-0.2, 0) is 28.6 Å². The van der Waals surface area contributed by atoms with Crippen molar-refractivity contribution in [3.8, 4) is 0 Å². The summed E-state index contributed by atoms with van der Waals surface area (Å²) in [6.07, 6.45) is 74.9. The first-order valence-electron chi connectivity index (χ1n) is 30.8. The normalized spacial score (nSPS) is 12.4. The van der Waals surface area contributed by atoms with Gasteiger partial charge in [0.25, 0.3) is 0 Å². The highest BCUT2D eigenvalue weighted by Gasteiger charge is 2.19. The van der Waals surface area contributed by atoms with E-state index in [0.717, 1.165) is 83.5 Å². The SMILES string of the molecule is CCCCC/C=C\C/C=C\CCCCCCCCCCCC(=O)OC[C@H](COC(=O)CCCCCCC/C=C\C/C=C\CCCCC)OC(=O)CCCCCCCCCCC/C=C\CCCCCCCC. The minimum absolute atomic E-state index is 0.0804. The lowest BCUT2D eigenvalue weighted by Gasteiger charge is -2.18. The Morgan fingerprint density at radius 1 is 0.282 bits per heavy atom. The van der Waals surface area contributed by atoms with Gasteiger partial charge in [0.15, 0.2) is 6.10 Å². The molecule has 6 heteroatoms. The molecule has 0 aliphatic carbocycles. The fourth-order valence-electron chi connectivity index (χ4n) is 8.79. The average molecular weight is 994 g/mol. The summed E-state index contributed by atoms with van der Waals surface area (Å²) < 4.78 is 16.9. The molecule has 0 spiro atoms. The summed E-state index contributed by atoms with van der Waals surface area (Å²) >= 11 is 0. The van der Waals surface area contributed by atoms with Crippen LogP contribution in [0.3, 0.4) is 0 Å². The molecule has 0 aliphatic heterocycles. The predicted octanol–water partition coefficient (Wildman–Crippen LogP) is 20.8. The Morgan fingerprint density at radius 3 is 0.817 bits per heavy atom. The van der Waals surface area contributed by atoms with Crippen molar-refractivity contribution in [1.82, 2.24) is 0 Å². The molecule has 0 aromatic heterocycles. The highest BCUT2D eigenvalue weighted by molar-refractivity contribution is 5.71. The Labute approximate surface area is 440 Å². The molecule has 1 atom stereocenters. The van der Waals surface area contributed by atoms with Crippen molar-refractivity contribution in [1.29, 1.82) is 0 Å². The molecule has 0 N–H and O–H groups in total. The summed E-state index contributed by atoms with van der Waals surface area (Å²) in [5, 5.41) is 0. The molecule has 0 aromatic rings. The van der Waals surface area contributed by atoms with Gasteiger partial charge in [-0.25, -0.2) is 0 Å². The molecule has 0 bridgehead atoms. The number of hydrogen-bond acceptors (Lipinski definition) is 6. The van der Waals surface area contributed by atoms with Crippen LogP contribution in [0.15, 0.2) is 60.8 Å². The van der Waals surface area contributed by atoms with E-state index in [4.69, 9.17) is 14.2 Å². The molecule has 0 radical (unpaired) electrons.